The van der Waals surface area contributed by atoms with Gasteiger partial charge in [-0.1, -0.05) is 48.5 Å². The third-order valence-electron chi connectivity index (χ3n) is 6.87. The van der Waals surface area contributed by atoms with Gasteiger partial charge in [0.2, 0.25) is 5.91 Å². The van der Waals surface area contributed by atoms with Crippen molar-refractivity contribution >= 4 is 18.0 Å². The van der Waals surface area contributed by atoms with Crippen LogP contribution >= 0.6 is 0 Å². The second-order valence-corrected chi connectivity index (χ2v) is 9.50. The quantitative estimate of drug-likeness (QED) is 0.603. The molecule has 0 spiro atoms. The lowest BCUT2D eigenvalue weighted by Crippen LogP contribution is -2.56. The summed E-state index contributed by atoms with van der Waals surface area (Å²) in [5.74, 6) is -1.46. The normalized spacial score (nSPS) is 18.0. The van der Waals surface area contributed by atoms with Crippen molar-refractivity contribution in [3.63, 3.8) is 0 Å². The van der Waals surface area contributed by atoms with E-state index in [9.17, 15) is 19.5 Å². The third-order valence-corrected chi connectivity index (χ3v) is 6.87. The molecule has 1 aliphatic heterocycles. The summed E-state index contributed by atoms with van der Waals surface area (Å²) in [6.45, 7) is 1.09. The zero-order valence-corrected chi connectivity index (χ0v) is 20.3. The maximum Gasteiger partial charge on any atom is 0.407 e. The molecule has 4 rings (SSSR count). The first-order valence-corrected chi connectivity index (χ1v) is 12.2. The van der Waals surface area contributed by atoms with Gasteiger partial charge in [0.25, 0.3) is 0 Å². The van der Waals surface area contributed by atoms with Gasteiger partial charge in [-0.15, -0.1) is 0 Å². The molecule has 2 aromatic rings. The number of rotatable bonds is 8. The van der Waals surface area contributed by atoms with E-state index in [1.54, 1.807) is 0 Å². The second-order valence-electron chi connectivity index (χ2n) is 9.50. The van der Waals surface area contributed by atoms with Crippen molar-refractivity contribution in [2.45, 2.75) is 43.7 Å². The topological polar surface area (TPSA) is 99.2 Å². The molecule has 35 heavy (non-hydrogen) atoms. The number of piperidine rings is 1. The van der Waals surface area contributed by atoms with E-state index in [1.807, 2.05) is 55.4 Å². The molecule has 0 aromatic heterocycles. The van der Waals surface area contributed by atoms with Crippen LogP contribution in [0.25, 0.3) is 11.1 Å². The molecule has 1 saturated heterocycles. The Bertz CT molecular complexity index is 1040. The zero-order chi connectivity index (χ0) is 24.9. The minimum atomic E-state index is -1.01. The predicted molar refractivity (Wildman–Crippen MR) is 132 cm³/mol. The molecule has 2 atom stereocenters. The van der Waals surface area contributed by atoms with Gasteiger partial charge in [-0.25, -0.2) is 9.59 Å². The monoisotopic (exact) mass is 479 g/mol. The average molecular weight is 480 g/mol. The molecule has 1 unspecified atom stereocenters. The van der Waals surface area contributed by atoms with E-state index >= 15 is 0 Å². The molecule has 0 radical (unpaired) electrons. The van der Waals surface area contributed by atoms with E-state index in [0.717, 1.165) is 35.1 Å². The van der Waals surface area contributed by atoms with Crippen LogP contribution in [-0.2, 0) is 14.3 Å². The number of aliphatic carboxylic acids is 1. The number of benzene rings is 2. The summed E-state index contributed by atoms with van der Waals surface area (Å²) in [4.78, 5) is 41.2. The number of nitrogens with zero attached hydrogens (tertiary/aromatic N) is 2. The van der Waals surface area contributed by atoms with Crippen molar-refractivity contribution in [1.29, 1.82) is 0 Å². The molecule has 1 heterocycles. The Morgan fingerprint density at radius 1 is 1.06 bits per heavy atom. The lowest BCUT2D eigenvalue weighted by molar-refractivity contribution is -0.153. The molecule has 8 heteroatoms. The number of carboxylic acid groups (broad SMARTS) is 1. The highest BCUT2D eigenvalue weighted by atomic mass is 16.5. The lowest BCUT2D eigenvalue weighted by atomic mass is 9.98. The Balaban J connectivity index is 1.45. The number of carboxylic acids is 1. The van der Waals surface area contributed by atoms with Crippen LogP contribution in [0.2, 0.25) is 0 Å². The molecule has 2 aliphatic rings. The number of fused-ring (bicyclic) bond motifs is 3. The smallest absolute Gasteiger partial charge is 0.407 e. The first-order valence-electron chi connectivity index (χ1n) is 12.2. The number of likely N-dealkylation sites (tertiary alicyclic amines) is 1. The lowest BCUT2D eigenvalue weighted by Gasteiger charge is -2.35. The van der Waals surface area contributed by atoms with Crippen molar-refractivity contribution < 1.29 is 24.2 Å². The fourth-order valence-electron chi connectivity index (χ4n) is 5.08. The molecule has 186 valence electrons. The van der Waals surface area contributed by atoms with E-state index in [0.29, 0.717) is 25.9 Å². The van der Waals surface area contributed by atoms with Gasteiger partial charge >= 0.3 is 12.1 Å². The molecule has 0 bridgehead atoms. The van der Waals surface area contributed by atoms with Crippen molar-refractivity contribution in [3.05, 3.63) is 59.7 Å². The first kappa shape index (κ1) is 24.7. The van der Waals surface area contributed by atoms with Gasteiger partial charge in [0.1, 0.15) is 18.7 Å². The summed E-state index contributed by atoms with van der Waals surface area (Å²) in [7, 11) is 3.77. The zero-order valence-electron chi connectivity index (χ0n) is 20.3. The summed E-state index contributed by atoms with van der Waals surface area (Å²) in [5.41, 5.74) is 4.50. The van der Waals surface area contributed by atoms with Gasteiger partial charge in [-0.05, 0) is 68.6 Å². The number of ether oxygens (including phenoxy) is 1. The van der Waals surface area contributed by atoms with Gasteiger partial charge in [-0.3, -0.25) is 4.79 Å². The fourth-order valence-corrected chi connectivity index (χ4v) is 5.08. The number of hydrogen-bond acceptors (Lipinski definition) is 5. The van der Waals surface area contributed by atoms with Gasteiger partial charge in [0.15, 0.2) is 0 Å². The van der Waals surface area contributed by atoms with Crippen LogP contribution in [0.4, 0.5) is 4.79 Å². The number of alkyl carbamates (subject to hydrolysis) is 1. The van der Waals surface area contributed by atoms with E-state index < -0.39 is 24.1 Å². The Labute approximate surface area is 205 Å². The van der Waals surface area contributed by atoms with Gasteiger partial charge in [0.05, 0.1) is 0 Å². The molecule has 1 fully saturated rings. The van der Waals surface area contributed by atoms with Crippen LogP contribution in [0.1, 0.15) is 42.7 Å². The Morgan fingerprint density at radius 2 is 1.69 bits per heavy atom. The highest BCUT2D eigenvalue weighted by Crippen LogP contribution is 2.44. The minimum absolute atomic E-state index is 0.0810. The molecule has 0 saturated carbocycles. The van der Waals surface area contributed by atoms with Crippen molar-refractivity contribution in [2.75, 3.05) is 33.8 Å². The van der Waals surface area contributed by atoms with Crippen LogP contribution in [0.15, 0.2) is 48.5 Å². The van der Waals surface area contributed by atoms with Gasteiger partial charge in [0, 0.05) is 12.5 Å². The highest BCUT2D eigenvalue weighted by Gasteiger charge is 2.36. The predicted octanol–water partition coefficient (Wildman–Crippen LogP) is 3.31. The molecule has 2 amide bonds. The number of amides is 2. The third kappa shape index (κ3) is 5.48. The standard InChI is InChI=1S/C27H33N3O5/c1-29(2)16-14-23(25(31)30-15-8-7-13-24(30)26(32)33)28-27(34)35-17-22-20-11-5-3-9-18(20)19-10-4-6-12-21(19)22/h3-6,9-12,22-24H,7-8,13-17H2,1-2H3,(H,28,34)(H,32,33)/t23?,24-/m0/s1. The summed E-state index contributed by atoms with van der Waals surface area (Å²) in [5, 5.41) is 12.3. The second kappa shape index (κ2) is 10.9. The Morgan fingerprint density at radius 3 is 2.29 bits per heavy atom. The molecular weight excluding hydrogens is 446 g/mol. The van der Waals surface area contributed by atoms with E-state index in [1.165, 1.54) is 4.90 Å². The maximum atomic E-state index is 13.3. The number of hydrogen-bond donors (Lipinski definition) is 2. The fraction of sp³-hybridized carbons (Fsp3) is 0.444. The molecule has 1 aliphatic carbocycles. The van der Waals surface area contributed by atoms with Gasteiger partial charge in [-0.2, -0.15) is 0 Å². The van der Waals surface area contributed by atoms with Crippen molar-refractivity contribution in [2.24, 2.45) is 0 Å². The number of carbonyl (C=O) groups excluding carboxylic acids is 2. The molecular formula is C27H33N3O5. The largest absolute Gasteiger partial charge is 0.480 e. The Hall–Kier alpha value is -3.39. The number of nitrogens with one attached hydrogen (secondary N) is 1. The van der Waals surface area contributed by atoms with Crippen LogP contribution in [0.5, 0.6) is 0 Å². The Kier molecular flexibility index (Phi) is 7.70. The van der Waals surface area contributed by atoms with Crippen LogP contribution in [0.3, 0.4) is 0 Å². The summed E-state index contributed by atoms with van der Waals surface area (Å²) >= 11 is 0. The summed E-state index contributed by atoms with van der Waals surface area (Å²) in [6.07, 6.45) is 1.63. The first-order chi connectivity index (χ1) is 16.9. The summed E-state index contributed by atoms with van der Waals surface area (Å²) in [6, 6.07) is 14.5. The average Bonchev–Trinajstić information content (AvgIpc) is 3.18. The molecule has 2 N–H and O–H groups in total. The van der Waals surface area contributed by atoms with Crippen LogP contribution < -0.4 is 5.32 Å². The number of carbonyl (C=O) groups is 3. The minimum Gasteiger partial charge on any atom is -0.480 e. The van der Waals surface area contributed by atoms with Crippen molar-refractivity contribution in [1.82, 2.24) is 15.1 Å². The van der Waals surface area contributed by atoms with Crippen LogP contribution in [0, 0.1) is 0 Å². The SMILES string of the molecule is CN(C)CCC(NC(=O)OCC1c2ccccc2-c2ccccc21)C(=O)N1CCCC[C@H]1C(=O)O. The van der Waals surface area contributed by atoms with E-state index in [4.69, 9.17) is 4.74 Å². The highest BCUT2D eigenvalue weighted by molar-refractivity contribution is 5.89. The van der Waals surface area contributed by atoms with Crippen LogP contribution in [-0.4, -0.2) is 78.8 Å². The summed E-state index contributed by atoms with van der Waals surface area (Å²) < 4.78 is 5.64. The molecule has 8 nitrogen and oxygen atoms in total. The molecule has 2 aromatic carbocycles. The van der Waals surface area contributed by atoms with E-state index in [-0.39, 0.29) is 18.4 Å². The maximum absolute atomic E-state index is 13.3. The van der Waals surface area contributed by atoms with Gasteiger partial charge < -0.3 is 25.0 Å². The van der Waals surface area contributed by atoms with Crippen molar-refractivity contribution in [3.8, 4) is 11.1 Å². The van der Waals surface area contributed by atoms with E-state index in [2.05, 4.69) is 17.4 Å².